The topological polar surface area (TPSA) is 47.9 Å². The SMILES string of the molecule is COc1ccc(/C=C2/N=C(c3ccc(Cl)cc3)OC2=O)cc1C. The second kappa shape index (κ2) is 6.26. The molecule has 1 aliphatic heterocycles. The Balaban J connectivity index is 1.91. The summed E-state index contributed by atoms with van der Waals surface area (Å²) in [5.74, 6) is 0.609. The Morgan fingerprint density at radius 1 is 1.17 bits per heavy atom. The Labute approximate surface area is 139 Å². The van der Waals surface area contributed by atoms with Crippen molar-refractivity contribution < 1.29 is 14.3 Å². The van der Waals surface area contributed by atoms with Gasteiger partial charge in [0.25, 0.3) is 0 Å². The number of nitrogens with zero attached hydrogens (tertiary/aromatic N) is 1. The molecule has 5 heteroatoms. The lowest BCUT2D eigenvalue weighted by atomic mass is 10.1. The van der Waals surface area contributed by atoms with Gasteiger partial charge >= 0.3 is 5.97 Å². The van der Waals surface area contributed by atoms with Gasteiger partial charge in [-0.2, -0.15) is 0 Å². The van der Waals surface area contributed by atoms with Gasteiger partial charge in [-0.3, -0.25) is 0 Å². The maximum absolute atomic E-state index is 12.0. The number of hydrogen-bond acceptors (Lipinski definition) is 4. The van der Waals surface area contributed by atoms with Crippen molar-refractivity contribution >= 4 is 29.5 Å². The van der Waals surface area contributed by atoms with E-state index >= 15 is 0 Å². The molecule has 0 saturated heterocycles. The van der Waals surface area contributed by atoms with Crippen molar-refractivity contribution in [2.24, 2.45) is 4.99 Å². The van der Waals surface area contributed by atoms with Crippen LogP contribution in [0.25, 0.3) is 6.08 Å². The summed E-state index contributed by atoms with van der Waals surface area (Å²) in [6.07, 6.45) is 1.69. The smallest absolute Gasteiger partial charge is 0.363 e. The number of carbonyl (C=O) groups is 1. The summed E-state index contributed by atoms with van der Waals surface area (Å²) >= 11 is 5.85. The number of ether oxygens (including phenoxy) is 2. The molecule has 116 valence electrons. The first-order valence-corrected chi connectivity index (χ1v) is 7.38. The number of benzene rings is 2. The van der Waals surface area contributed by atoms with Crippen LogP contribution in [0, 0.1) is 6.92 Å². The predicted molar refractivity (Wildman–Crippen MR) is 89.8 cm³/mol. The quantitative estimate of drug-likeness (QED) is 0.632. The van der Waals surface area contributed by atoms with E-state index < -0.39 is 5.97 Å². The van der Waals surface area contributed by atoms with Gasteiger partial charge in [-0.1, -0.05) is 17.7 Å². The van der Waals surface area contributed by atoms with Crippen LogP contribution in [0.4, 0.5) is 0 Å². The summed E-state index contributed by atoms with van der Waals surface area (Å²) in [4.78, 5) is 16.2. The maximum atomic E-state index is 12.0. The number of hydrogen-bond donors (Lipinski definition) is 0. The van der Waals surface area contributed by atoms with Crippen molar-refractivity contribution in [2.75, 3.05) is 7.11 Å². The molecule has 4 nitrogen and oxygen atoms in total. The normalized spacial score (nSPS) is 15.5. The minimum atomic E-state index is -0.469. The fourth-order valence-corrected chi connectivity index (χ4v) is 2.40. The summed E-state index contributed by atoms with van der Waals surface area (Å²) in [6.45, 7) is 1.94. The van der Waals surface area contributed by atoms with Crippen molar-refractivity contribution in [1.29, 1.82) is 0 Å². The minimum Gasteiger partial charge on any atom is -0.496 e. The zero-order valence-corrected chi connectivity index (χ0v) is 13.4. The first-order chi connectivity index (χ1) is 11.1. The molecule has 3 rings (SSSR count). The molecular weight excluding hydrogens is 314 g/mol. The van der Waals surface area contributed by atoms with Crippen LogP contribution in [0.5, 0.6) is 5.75 Å². The molecule has 0 amide bonds. The van der Waals surface area contributed by atoms with Gasteiger partial charge in [-0.15, -0.1) is 0 Å². The number of aliphatic imine (C=N–C) groups is 1. The summed E-state index contributed by atoms with van der Waals surface area (Å²) in [5.41, 5.74) is 2.81. The summed E-state index contributed by atoms with van der Waals surface area (Å²) in [5, 5.41) is 0.614. The third kappa shape index (κ3) is 3.27. The molecule has 0 aliphatic carbocycles. The van der Waals surface area contributed by atoms with Crippen LogP contribution in [0.3, 0.4) is 0 Å². The molecule has 1 aliphatic rings. The lowest BCUT2D eigenvalue weighted by Gasteiger charge is -2.04. The summed E-state index contributed by atoms with van der Waals surface area (Å²) in [7, 11) is 1.62. The highest BCUT2D eigenvalue weighted by molar-refractivity contribution is 6.30. The number of esters is 1. The molecule has 2 aromatic carbocycles. The highest BCUT2D eigenvalue weighted by Gasteiger charge is 2.24. The van der Waals surface area contributed by atoms with Gasteiger partial charge in [0.1, 0.15) is 5.75 Å². The van der Waals surface area contributed by atoms with Crippen LogP contribution in [-0.4, -0.2) is 19.0 Å². The third-order valence-corrected chi connectivity index (χ3v) is 3.69. The number of aryl methyl sites for hydroxylation is 1. The summed E-state index contributed by atoms with van der Waals surface area (Å²) < 4.78 is 10.4. The number of methoxy groups -OCH3 is 1. The highest BCUT2D eigenvalue weighted by Crippen LogP contribution is 2.23. The number of carbonyl (C=O) groups excluding carboxylic acids is 1. The number of rotatable bonds is 3. The Bertz CT molecular complexity index is 823. The van der Waals surface area contributed by atoms with E-state index in [1.54, 1.807) is 37.5 Å². The molecular formula is C18H14ClNO3. The average molecular weight is 328 g/mol. The van der Waals surface area contributed by atoms with Crippen LogP contribution in [0.1, 0.15) is 16.7 Å². The fraction of sp³-hybridized carbons (Fsp3) is 0.111. The highest BCUT2D eigenvalue weighted by atomic mass is 35.5. The third-order valence-electron chi connectivity index (χ3n) is 3.43. The largest absolute Gasteiger partial charge is 0.496 e. The standard InChI is InChI=1S/C18H14ClNO3/c1-11-9-12(3-8-16(11)22-2)10-15-18(21)23-17(20-15)13-4-6-14(19)7-5-13/h3-10H,1-2H3/b15-10+. The van der Waals surface area contributed by atoms with Crippen LogP contribution in [0.15, 0.2) is 53.2 Å². The Kier molecular flexibility index (Phi) is 4.17. The monoisotopic (exact) mass is 327 g/mol. The molecule has 0 spiro atoms. The zero-order valence-electron chi connectivity index (χ0n) is 12.7. The first kappa shape index (κ1) is 15.3. The lowest BCUT2D eigenvalue weighted by Crippen LogP contribution is -2.05. The van der Waals surface area contributed by atoms with Gasteiger partial charge in [0.2, 0.25) is 5.90 Å². The first-order valence-electron chi connectivity index (χ1n) is 7.00. The molecule has 2 aromatic rings. The number of halogens is 1. The molecule has 0 N–H and O–H groups in total. The maximum Gasteiger partial charge on any atom is 0.363 e. The molecule has 0 unspecified atom stereocenters. The zero-order chi connectivity index (χ0) is 16.4. The van der Waals surface area contributed by atoms with Crippen molar-refractivity contribution in [2.45, 2.75) is 6.92 Å². The van der Waals surface area contributed by atoms with E-state index in [1.165, 1.54) is 0 Å². The van der Waals surface area contributed by atoms with Crippen molar-refractivity contribution in [3.8, 4) is 5.75 Å². The molecule has 1 heterocycles. The van der Waals surface area contributed by atoms with Crippen LogP contribution < -0.4 is 4.74 Å². The minimum absolute atomic E-state index is 0.263. The van der Waals surface area contributed by atoms with Gasteiger partial charge < -0.3 is 9.47 Å². The molecule has 0 radical (unpaired) electrons. The van der Waals surface area contributed by atoms with E-state index in [9.17, 15) is 4.79 Å². The van der Waals surface area contributed by atoms with Gasteiger partial charge in [0.05, 0.1) is 7.11 Å². The van der Waals surface area contributed by atoms with E-state index in [2.05, 4.69) is 4.99 Å². The molecule has 0 fully saturated rings. The van der Waals surface area contributed by atoms with E-state index in [1.807, 2.05) is 25.1 Å². The van der Waals surface area contributed by atoms with Crippen molar-refractivity contribution in [3.05, 3.63) is 69.9 Å². The molecule has 0 saturated carbocycles. The predicted octanol–water partition coefficient (Wildman–Crippen LogP) is 4.00. The second-order valence-electron chi connectivity index (χ2n) is 5.07. The van der Waals surface area contributed by atoms with Crippen molar-refractivity contribution in [3.63, 3.8) is 0 Å². The van der Waals surface area contributed by atoms with Crippen LogP contribution in [0.2, 0.25) is 5.02 Å². The Hall–Kier alpha value is -2.59. The van der Waals surface area contributed by atoms with Gasteiger partial charge in [-0.25, -0.2) is 9.79 Å². The van der Waals surface area contributed by atoms with E-state index in [4.69, 9.17) is 21.1 Å². The van der Waals surface area contributed by atoms with E-state index in [0.29, 0.717) is 10.6 Å². The summed E-state index contributed by atoms with van der Waals surface area (Å²) in [6, 6.07) is 12.6. The lowest BCUT2D eigenvalue weighted by molar-refractivity contribution is -0.129. The van der Waals surface area contributed by atoms with Crippen LogP contribution >= 0.6 is 11.6 Å². The number of cyclic esters (lactones) is 1. The Morgan fingerprint density at radius 3 is 2.57 bits per heavy atom. The van der Waals surface area contributed by atoms with Gasteiger partial charge in [0.15, 0.2) is 5.70 Å². The van der Waals surface area contributed by atoms with E-state index in [0.717, 1.165) is 16.9 Å². The van der Waals surface area contributed by atoms with Gasteiger partial charge in [0, 0.05) is 10.6 Å². The van der Waals surface area contributed by atoms with Crippen molar-refractivity contribution in [1.82, 2.24) is 0 Å². The molecule has 23 heavy (non-hydrogen) atoms. The van der Waals surface area contributed by atoms with E-state index in [-0.39, 0.29) is 11.6 Å². The second-order valence-corrected chi connectivity index (χ2v) is 5.51. The molecule has 0 aromatic heterocycles. The van der Waals surface area contributed by atoms with Crippen LogP contribution in [-0.2, 0) is 9.53 Å². The Morgan fingerprint density at radius 2 is 1.91 bits per heavy atom. The molecule has 0 atom stereocenters. The fourth-order valence-electron chi connectivity index (χ4n) is 2.27. The van der Waals surface area contributed by atoms with Gasteiger partial charge in [-0.05, 0) is 60.5 Å². The average Bonchev–Trinajstić information content (AvgIpc) is 2.89. The molecule has 0 bridgehead atoms.